The highest BCUT2D eigenvalue weighted by Gasteiger charge is 2.04. The molecule has 6 heteroatoms. The zero-order chi connectivity index (χ0) is 14.1. The second kappa shape index (κ2) is 5.09. The second-order valence-corrected chi connectivity index (χ2v) is 4.95. The minimum atomic E-state index is -0.420. The molecule has 0 aliphatic heterocycles. The summed E-state index contributed by atoms with van der Waals surface area (Å²) in [6, 6.07) is 8.49. The van der Waals surface area contributed by atoms with E-state index in [1.165, 1.54) is 6.07 Å². The van der Waals surface area contributed by atoms with Crippen LogP contribution in [0.15, 0.2) is 36.5 Å². The molecule has 0 aliphatic rings. The maximum absolute atomic E-state index is 13.1. The summed E-state index contributed by atoms with van der Waals surface area (Å²) in [5.74, 6) is 0.104. The summed E-state index contributed by atoms with van der Waals surface area (Å²) in [5.41, 5.74) is 2.75. The van der Waals surface area contributed by atoms with Crippen molar-refractivity contribution in [3.8, 4) is 0 Å². The number of aryl methyl sites for hydroxylation is 1. The predicted octanol–water partition coefficient (Wildman–Crippen LogP) is 3.44. The summed E-state index contributed by atoms with van der Waals surface area (Å²) in [6.07, 6.45) is 1.91. The highest BCUT2D eigenvalue weighted by molar-refractivity contribution is 6.30. The van der Waals surface area contributed by atoms with Crippen LogP contribution in [0.3, 0.4) is 0 Å². The first kappa shape index (κ1) is 12.9. The molecule has 0 spiro atoms. The van der Waals surface area contributed by atoms with Crippen LogP contribution in [0.4, 0.5) is 10.3 Å². The van der Waals surface area contributed by atoms with Crippen molar-refractivity contribution in [3.05, 3.63) is 58.5 Å². The van der Waals surface area contributed by atoms with Crippen LogP contribution in [0.2, 0.25) is 5.02 Å². The quantitative estimate of drug-likeness (QED) is 0.803. The topological polar surface area (TPSA) is 42.2 Å². The molecular weight excluding hydrogens is 279 g/mol. The first-order chi connectivity index (χ1) is 9.61. The Kier molecular flexibility index (Phi) is 3.28. The molecule has 0 fully saturated rings. The predicted molar refractivity (Wildman–Crippen MR) is 76.5 cm³/mol. The van der Waals surface area contributed by atoms with Crippen molar-refractivity contribution in [1.82, 2.24) is 14.6 Å². The molecule has 1 aromatic carbocycles. The van der Waals surface area contributed by atoms with E-state index in [2.05, 4.69) is 15.4 Å². The summed E-state index contributed by atoms with van der Waals surface area (Å²) in [6.45, 7) is 2.48. The first-order valence-electron chi connectivity index (χ1n) is 6.13. The third-order valence-electron chi connectivity index (χ3n) is 2.91. The number of halogens is 2. The summed E-state index contributed by atoms with van der Waals surface area (Å²) in [5, 5.41) is 7.52. The molecule has 0 saturated carbocycles. The molecule has 2 aromatic heterocycles. The lowest BCUT2D eigenvalue weighted by Gasteiger charge is -2.03. The molecule has 3 aromatic rings. The molecule has 1 N–H and O–H groups in total. The van der Waals surface area contributed by atoms with E-state index in [4.69, 9.17) is 11.6 Å². The normalized spacial score (nSPS) is 10.9. The number of benzene rings is 1. The van der Waals surface area contributed by atoms with E-state index in [1.54, 1.807) is 16.6 Å². The molecule has 2 heterocycles. The highest BCUT2D eigenvalue weighted by Crippen LogP contribution is 2.16. The smallest absolute Gasteiger partial charge is 0.243 e. The van der Waals surface area contributed by atoms with Gasteiger partial charge < -0.3 is 5.32 Å². The van der Waals surface area contributed by atoms with Crippen LogP contribution in [0.25, 0.3) is 5.65 Å². The van der Waals surface area contributed by atoms with Crippen molar-refractivity contribution >= 4 is 23.2 Å². The fraction of sp³-hybridized carbons (Fsp3) is 0.143. The third-order valence-corrected chi connectivity index (χ3v) is 3.20. The van der Waals surface area contributed by atoms with E-state index in [-0.39, 0.29) is 5.02 Å². The minimum absolute atomic E-state index is 0.114. The van der Waals surface area contributed by atoms with Gasteiger partial charge in [-0.05, 0) is 36.2 Å². The summed E-state index contributed by atoms with van der Waals surface area (Å²) in [7, 11) is 0. The van der Waals surface area contributed by atoms with Gasteiger partial charge in [0.2, 0.25) is 5.95 Å². The Labute approximate surface area is 120 Å². The standard InChI is InChI=1S/C14H12ClFN4/c1-9-2-5-13-18-14(19-20(13)8-9)17-7-10-3-4-12(16)11(15)6-10/h2-6,8H,7H2,1H3,(H,17,19). The average molecular weight is 291 g/mol. The Balaban J connectivity index is 1.77. The fourth-order valence-corrected chi connectivity index (χ4v) is 2.09. The van der Waals surface area contributed by atoms with Gasteiger partial charge in [0.25, 0.3) is 0 Å². The summed E-state index contributed by atoms with van der Waals surface area (Å²) in [4.78, 5) is 4.34. The van der Waals surface area contributed by atoms with Gasteiger partial charge in [0, 0.05) is 12.7 Å². The van der Waals surface area contributed by atoms with E-state index in [1.807, 2.05) is 25.3 Å². The van der Waals surface area contributed by atoms with Crippen LogP contribution in [0.5, 0.6) is 0 Å². The van der Waals surface area contributed by atoms with Crippen molar-refractivity contribution in [3.63, 3.8) is 0 Å². The lowest BCUT2D eigenvalue weighted by Crippen LogP contribution is -2.01. The SMILES string of the molecule is Cc1ccc2nc(NCc3ccc(F)c(Cl)c3)nn2c1. The number of rotatable bonds is 3. The van der Waals surface area contributed by atoms with Crippen molar-refractivity contribution < 1.29 is 4.39 Å². The molecule has 0 aliphatic carbocycles. The third kappa shape index (κ3) is 2.58. The number of nitrogens with zero attached hydrogens (tertiary/aromatic N) is 3. The zero-order valence-corrected chi connectivity index (χ0v) is 11.5. The van der Waals surface area contributed by atoms with Gasteiger partial charge in [-0.2, -0.15) is 4.98 Å². The van der Waals surface area contributed by atoms with Gasteiger partial charge in [-0.3, -0.25) is 0 Å². The van der Waals surface area contributed by atoms with Crippen LogP contribution in [0.1, 0.15) is 11.1 Å². The molecule has 0 unspecified atom stereocenters. The number of nitrogens with one attached hydrogen (secondary N) is 1. The maximum Gasteiger partial charge on any atom is 0.243 e. The van der Waals surface area contributed by atoms with E-state index < -0.39 is 5.82 Å². The lowest BCUT2D eigenvalue weighted by atomic mass is 10.2. The number of anilines is 1. The number of aromatic nitrogens is 3. The van der Waals surface area contributed by atoms with Crippen molar-refractivity contribution in [1.29, 1.82) is 0 Å². The van der Waals surface area contributed by atoms with Gasteiger partial charge in [0.1, 0.15) is 5.82 Å². The van der Waals surface area contributed by atoms with Crippen molar-refractivity contribution in [2.75, 3.05) is 5.32 Å². The minimum Gasteiger partial charge on any atom is -0.349 e. The molecule has 20 heavy (non-hydrogen) atoms. The molecule has 0 radical (unpaired) electrons. The van der Waals surface area contributed by atoms with Gasteiger partial charge in [0.05, 0.1) is 5.02 Å². The average Bonchev–Trinajstić information content (AvgIpc) is 2.82. The Bertz CT molecular complexity index is 769. The molecule has 4 nitrogen and oxygen atoms in total. The zero-order valence-electron chi connectivity index (χ0n) is 10.8. The van der Waals surface area contributed by atoms with Gasteiger partial charge in [-0.15, -0.1) is 5.10 Å². The van der Waals surface area contributed by atoms with Crippen LogP contribution < -0.4 is 5.32 Å². The Morgan fingerprint density at radius 1 is 1.30 bits per heavy atom. The Hall–Kier alpha value is -2.14. The molecule has 0 amide bonds. The molecule has 102 valence electrons. The molecular formula is C14H12ClFN4. The largest absolute Gasteiger partial charge is 0.349 e. The number of fused-ring (bicyclic) bond motifs is 1. The second-order valence-electron chi connectivity index (χ2n) is 4.55. The Morgan fingerprint density at radius 3 is 2.95 bits per heavy atom. The summed E-state index contributed by atoms with van der Waals surface area (Å²) >= 11 is 5.74. The molecule has 0 atom stereocenters. The monoisotopic (exact) mass is 290 g/mol. The fourth-order valence-electron chi connectivity index (χ4n) is 1.89. The van der Waals surface area contributed by atoms with Crippen LogP contribution in [-0.4, -0.2) is 14.6 Å². The van der Waals surface area contributed by atoms with Gasteiger partial charge in [0.15, 0.2) is 5.65 Å². The van der Waals surface area contributed by atoms with E-state index in [9.17, 15) is 4.39 Å². The molecule has 0 saturated heterocycles. The van der Waals surface area contributed by atoms with E-state index in [0.29, 0.717) is 12.5 Å². The number of pyridine rings is 1. The maximum atomic E-state index is 13.1. The molecule has 3 rings (SSSR count). The van der Waals surface area contributed by atoms with Gasteiger partial charge >= 0.3 is 0 Å². The number of hydrogen-bond acceptors (Lipinski definition) is 3. The van der Waals surface area contributed by atoms with Gasteiger partial charge in [-0.25, -0.2) is 8.91 Å². The highest BCUT2D eigenvalue weighted by atomic mass is 35.5. The first-order valence-corrected chi connectivity index (χ1v) is 6.50. The van der Waals surface area contributed by atoms with Crippen LogP contribution >= 0.6 is 11.6 Å². The Morgan fingerprint density at radius 2 is 2.15 bits per heavy atom. The van der Waals surface area contributed by atoms with Crippen LogP contribution in [-0.2, 0) is 6.54 Å². The van der Waals surface area contributed by atoms with Crippen molar-refractivity contribution in [2.24, 2.45) is 0 Å². The number of hydrogen-bond donors (Lipinski definition) is 1. The van der Waals surface area contributed by atoms with Crippen molar-refractivity contribution in [2.45, 2.75) is 13.5 Å². The lowest BCUT2D eigenvalue weighted by molar-refractivity contribution is 0.627. The van der Waals surface area contributed by atoms with Crippen LogP contribution in [0, 0.1) is 12.7 Å². The van der Waals surface area contributed by atoms with E-state index in [0.717, 1.165) is 16.8 Å². The van der Waals surface area contributed by atoms with Gasteiger partial charge in [-0.1, -0.05) is 23.7 Å². The molecule has 0 bridgehead atoms. The summed E-state index contributed by atoms with van der Waals surface area (Å²) < 4.78 is 14.8. The van der Waals surface area contributed by atoms with E-state index >= 15 is 0 Å².